The summed E-state index contributed by atoms with van der Waals surface area (Å²) >= 11 is 0. The summed E-state index contributed by atoms with van der Waals surface area (Å²) in [6.07, 6.45) is 1.03. The molecule has 5 nitrogen and oxygen atoms in total. The van der Waals surface area contributed by atoms with E-state index in [9.17, 15) is 9.59 Å². The summed E-state index contributed by atoms with van der Waals surface area (Å²) in [6, 6.07) is 0. The quantitative estimate of drug-likeness (QED) is 0.729. The van der Waals surface area contributed by atoms with E-state index in [2.05, 4.69) is 0 Å². The maximum absolute atomic E-state index is 12.0. The van der Waals surface area contributed by atoms with Crippen LogP contribution in [-0.2, 0) is 14.3 Å². The average molecular weight is 269 g/mol. The number of carbonyl (C=O) groups excluding carboxylic acids is 2. The standard InChI is InChI=1S/C14H23NO4/c1-14(2,3)19-13(17)15-6-4-12(16)11(8-15)10-5-7-18-9-10/h10-11H,4-9H2,1-3H3/t10-,11-/m0/s1. The van der Waals surface area contributed by atoms with Crippen molar-refractivity contribution >= 4 is 11.9 Å². The molecular weight excluding hydrogens is 246 g/mol. The lowest BCUT2D eigenvalue weighted by Gasteiger charge is -2.35. The van der Waals surface area contributed by atoms with Crippen molar-refractivity contribution in [3.8, 4) is 0 Å². The van der Waals surface area contributed by atoms with Gasteiger partial charge in [-0.25, -0.2) is 4.79 Å². The molecule has 2 rings (SSSR count). The van der Waals surface area contributed by atoms with Crippen molar-refractivity contribution in [3.05, 3.63) is 0 Å². The van der Waals surface area contributed by atoms with Crippen molar-refractivity contribution in [2.24, 2.45) is 11.8 Å². The Labute approximate surface area is 114 Å². The number of Topliss-reactive ketones (excluding diaryl/α,β-unsaturated/α-hetero) is 1. The van der Waals surface area contributed by atoms with Crippen molar-refractivity contribution in [2.75, 3.05) is 26.3 Å². The Morgan fingerprint density at radius 1 is 1.42 bits per heavy atom. The lowest BCUT2D eigenvalue weighted by atomic mass is 9.84. The Kier molecular flexibility index (Phi) is 4.13. The first-order chi connectivity index (χ1) is 8.87. The number of ketones is 1. The number of likely N-dealkylation sites (tertiary alicyclic amines) is 1. The van der Waals surface area contributed by atoms with Crippen LogP contribution < -0.4 is 0 Å². The monoisotopic (exact) mass is 269 g/mol. The number of amides is 1. The fourth-order valence-corrected chi connectivity index (χ4v) is 2.64. The van der Waals surface area contributed by atoms with Crippen LogP contribution in [0.15, 0.2) is 0 Å². The first-order valence-corrected chi connectivity index (χ1v) is 6.95. The minimum atomic E-state index is -0.496. The van der Waals surface area contributed by atoms with Gasteiger partial charge in [-0.3, -0.25) is 4.79 Å². The topological polar surface area (TPSA) is 55.8 Å². The molecular formula is C14H23NO4. The van der Waals surface area contributed by atoms with Crippen molar-refractivity contribution in [1.82, 2.24) is 4.90 Å². The molecule has 0 bridgehead atoms. The van der Waals surface area contributed by atoms with Gasteiger partial charge in [0.2, 0.25) is 0 Å². The third kappa shape index (κ3) is 3.69. The number of hydrogen-bond acceptors (Lipinski definition) is 4. The maximum atomic E-state index is 12.0. The molecule has 0 N–H and O–H groups in total. The van der Waals surface area contributed by atoms with Gasteiger partial charge >= 0.3 is 6.09 Å². The number of nitrogens with zero attached hydrogens (tertiary/aromatic N) is 1. The van der Waals surface area contributed by atoms with Crippen LogP contribution in [0.2, 0.25) is 0 Å². The van der Waals surface area contributed by atoms with Gasteiger partial charge in [0.1, 0.15) is 11.4 Å². The van der Waals surface area contributed by atoms with E-state index in [0.29, 0.717) is 26.1 Å². The Bertz CT molecular complexity index is 355. The summed E-state index contributed by atoms with van der Waals surface area (Å²) in [7, 11) is 0. The van der Waals surface area contributed by atoms with E-state index in [-0.39, 0.29) is 23.7 Å². The third-order valence-corrected chi connectivity index (χ3v) is 3.64. The molecule has 0 aromatic rings. The first-order valence-electron chi connectivity index (χ1n) is 6.95. The van der Waals surface area contributed by atoms with Gasteiger partial charge in [-0.05, 0) is 33.1 Å². The van der Waals surface area contributed by atoms with Gasteiger partial charge in [0, 0.05) is 32.0 Å². The smallest absolute Gasteiger partial charge is 0.410 e. The molecule has 0 aromatic carbocycles. The first kappa shape index (κ1) is 14.3. The summed E-state index contributed by atoms with van der Waals surface area (Å²) in [5.41, 5.74) is -0.496. The predicted octanol–water partition coefficient (Wildman–Crippen LogP) is 1.85. The molecule has 2 aliphatic rings. The summed E-state index contributed by atoms with van der Waals surface area (Å²) in [5, 5.41) is 0. The highest BCUT2D eigenvalue weighted by Gasteiger charge is 2.37. The molecule has 2 atom stereocenters. The molecule has 0 spiro atoms. The molecule has 2 saturated heterocycles. The lowest BCUT2D eigenvalue weighted by molar-refractivity contribution is -0.128. The van der Waals surface area contributed by atoms with Gasteiger partial charge in [0.05, 0.1) is 6.61 Å². The average Bonchev–Trinajstić information content (AvgIpc) is 2.80. The SMILES string of the molecule is CC(C)(C)OC(=O)N1CCC(=O)[C@H]([C@H]2CCOC2)C1. The van der Waals surface area contributed by atoms with E-state index in [0.717, 1.165) is 13.0 Å². The molecule has 2 aliphatic heterocycles. The van der Waals surface area contributed by atoms with E-state index in [1.54, 1.807) is 4.90 Å². The minimum absolute atomic E-state index is 0.0798. The Hall–Kier alpha value is -1.10. The molecule has 0 saturated carbocycles. The largest absolute Gasteiger partial charge is 0.444 e. The number of carbonyl (C=O) groups is 2. The number of ether oxygens (including phenoxy) is 2. The minimum Gasteiger partial charge on any atom is -0.444 e. The van der Waals surface area contributed by atoms with E-state index in [1.165, 1.54) is 0 Å². The van der Waals surface area contributed by atoms with E-state index >= 15 is 0 Å². The Balaban J connectivity index is 1.96. The molecule has 2 fully saturated rings. The molecule has 5 heteroatoms. The number of rotatable bonds is 1. The van der Waals surface area contributed by atoms with Crippen LogP contribution in [0.5, 0.6) is 0 Å². The summed E-state index contributed by atoms with van der Waals surface area (Å²) in [4.78, 5) is 25.7. The van der Waals surface area contributed by atoms with Crippen LogP contribution in [0.1, 0.15) is 33.6 Å². The molecule has 0 radical (unpaired) electrons. The third-order valence-electron chi connectivity index (χ3n) is 3.64. The van der Waals surface area contributed by atoms with Crippen molar-refractivity contribution in [3.63, 3.8) is 0 Å². The molecule has 0 aromatic heterocycles. The number of piperidine rings is 1. The van der Waals surface area contributed by atoms with Crippen LogP contribution in [0.4, 0.5) is 4.79 Å². The maximum Gasteiger partial charge on any atom is 0.410 e. The Morgan fingerprint density at radius 2 is 2.16 bits per heavy atom. The summed E-state index contributed by atoms with van der Waals surface area (Å²) in [5.74, 6) is 0.441. The second-order valence-electron chi connectivity index (χ2n) is 6.37. The van der Waals surface area contributed by atoms with E-state index < -0.39 is 5.60 Å². The van der Waals surface area contributed by atoms with Crippen molar-refractivity contribution in [1.29, 1.82) is 0 Å². The zero-order chi connectivity index (χ0) is 14.0. The van der Waals surface area contributed by atoms with Crippen LogP contribution >= 0.6 is 0 Å². The second-order valence-corrected chi connectivity index (χ2v) is 6.37. The highest BCUT2D eigenvalue weighted by molar-refractivity contribution is 5.84. The van der Waals surface area contributed by atoms with Gasteiger partial charge in [0.25, 0.3) is 0 Å². The number of hydrogen-bond donors (Lipinski definition) is 0. The molecule has 0 aliphatic carbocycles. The van der Waals surface area contributed by atoms with Crippen LogP contribution in [-0.4, -0.2) is 48.7 Å². The zero-order valence-electron chi connectivity index (χ0n) is 12.0. The summed E-state index contributed by atoms with van der Waals surface area (Å²) < 4.78 is 10.7. The second kappa shape index (κ2) is 5.49. The van der Waals surface area contributed by atoms with Gasteiger partial charge in [-0.2, -0.15) is 0 Å². The Morgan fingerprint density at radius 3 is 2.74 bits per heavy atom. The van der Waals surface area contributed by atoms with Gasteiger partial charge in [-0.15, -0.1) is 0 Å². The predicted molar refractivity (Wildman–Crippen MR) is 69.8 cm³/mol. The van der Waals surface area contributed by atoms with E-state index in [1.807, 2.05) is 20.8 Å². The molecule has 19 heavy (non-hydrogen) atoms. The highest BCUT2D eigenvalue weighted by Crippen LogP contribution is 2.28. The normalized spacial score (nSPS) is 28.6. The van der Waals surface area contributed by atoms with Crippen molar-refractivity contribution < 1.29 is 19.1 Å². The molecule has 0 unspecified atom stereocenters. The molecule has 2 heterocycles. The van der Waals surface area contributed by atoms with Crippen LogP contribution in [0, 0.1) is 11.8 Å². The zero-order valence-corrected chi connectivity index (χ0v) is 12.0. The van der Waals surface area contributed by atoms with Gasteiger partial charge in [0.15, 0.2) is 0 Å². The van der Waals surface area contributed by atoms with Crippen molar-refractivity contribution in [2.45, 2.75) is 39.2 Å². The van der Waals surface area contributed by atoms with E-state index in [4.69, 9.17) is 9.47 Å². The van der Waals surface area contributed by atoms with Gasteiger partial charge < -0.3 is 14.4 Å². The lowest BCUT2D eigenvalue weighted by Crippen LogP contribution is -2.48. The van der Waals surface area contributed by atoms with Gasteiger partial charge in [-0.1, -0.05) is 0 Å². The summed E-state index contributed by atoms with van der Waals surface area (Å²) in [6.45, 7) is 7.85. The van der Waals surface area contributed by atoms with Crippen LogP contribution in [0.25, 0.3) is 0 Å². The fraction of sp³-hybridized carbons (Fsp3) is 0.857. The molecule has 1 amide bonds. The fourth-order valence-electron chi connectivity index (χ4n) is 2.64. The van der Waals surface area contributed by atoms with Crippen LogP contribution in [0.3, 0.4) is 0 Å². The molecule has 108 valence electrons. The highest BCUT2D eigenvalue weighted by atomic mass is 16.6.